The molecule has 104 valence electrons. The first-order valence-electron chi connectivity index (χ1n) is 6.69. The molecule has 1 heterocycles. The number of ether oxygens (including phenoxy) is 1. The maximum Gasteiger partial charge on any atom is 0.138 e. The van der Waals surface area contributed by atoms with Gasteiger partial charge < -0.3 is 10.5 Å². The first-order valence-corrected chi connectivity index (χ1v) is 6.69. The lowest BCUT2D eigenvalue weighted by molar-refractivity contribution is -0.0380. The average molecular weight is 254 g/mol. The zero-order valence-corrected chi connectivity index (χ0v) is 12.2. The summed E-state index contributed by atoms with van der Waals surface area (Å²) in [6.07, 6.45) is 4.08. The van der Waals surface area contributed by atoms with Crippen molar-refractivity contribution < 1.29 is 4.74 Å². The van der Waals surface area contributed by atoms with Gasteiger partial charge in [0.15, 0.2) is 0 Å². The minimum Gasteiger partial charge on any atom is -0.377 e. The largest absolute Gasteiger partial charge is 0.377 e. The molecule has 0 saturated heterocycles. The van der Waals surface area contributed by atoms with Gasteiger partial charge in [0.1, 0.15) is 12.2 Å². The Hall–Kier alpha value is -0.940. The lowest BCUT2D eigenvalue weighted by atomic mass is 9.86. The van der Waals surface area contributed by atoms with Crippen LogP contribution in [0.2, 0.25) is 0 Å². The summed E-state index contributed by atoms with van der Waals surface area (Å²) in [5.41, 5.74) is 6.07. The Morgan fingerprint density at radius 2 is 2.00 bits per heavy atom. The number of aromatic nitrogens is 3. The molecule has 0 radical (unpaired) electrons. The van der Waals surface area contributed by atoms with E-state index in [-0.39, 0.29) is 11.6 Å². The highest BCUT2D eigenvalue weighted by Gasteiger charge is 2.34. The Labute approximate surface area is 110 Å². The van der Waals surface area contributed by atoms with E-state index in [0.29, 0.717) is 12.5 Å². The van der Waals surface area contributed by atoms with Gasteiger partial charge in [-0.3, -0.25) is 0 Å². The third-order valence-corrected chi connectivity index (χ3v) is 3.82. The predicted molar refractivity (Wildman–Crippen MR) is 72.4 cm³/mol. The molecule has 0 fully saturated rings. The van der Waals surface area contributed by atoms with Gasteiger partial charge in [-0.05, 0) is 26.7 Å². The molecule has 0 amide bonds. The Balaban J connectivity index is 2.86. The van der Waals surface area contributed by atoms with Gasteiger partial charge in [-0.1, -0.05) is 13.8 Å². The van der Waals surface area contributed by atoms with Crippen LogP contribution in [0.3, 0.4) is 0 Å². The average Bonchev–Trinajstić information content (AvgIpc) is 2.80. The van der Waals surface area contributed by atoms with E-state index in [1.807, 2.05) is 4.68 Å². The van der Waals surface area contributed by atoms with Crippen molar-refractivity contribution in [2.45, 2.75) is 64.6 Å². The minimum absolute atomic E-state index is 0.0702. The third-order valence-electron chi connectivity index (χ3n) is 3.82. The Kier molecular flexibility index (Phi) is 5.28. The number of nitrogens with zero attached hydrogens (tertiary/aromatic N) is 3. The second kappa shape index (κ2) is 6.29. The van der Waals surface area contributed by atoms with E-state index < -0.39 is 0 Å². The number of hydrogen-bond donors (Lipinski definition) is 1. The van der Waals surface area contributed by atoms with Crippen LogP contribution in [0.5, 0.6) is 0 Å². The van der Waals surface area contributed by atoms with Crippen molar-refractivity contribution in [2.75, 3.05) is 7.11 Å². The molecule has 0 saturated carbocycles. The van der Waals surface area contributed by atoms with Crippen molar-refractivity contribution >= 4 is 0 Å². The molecule has 5 heteroatoms. The third kappa shape index (κ3) is 2.90. The van der Waals surface area contributed by atoms with E-state index in [1.54, 1.807) is 13.4 Å². The van der Waals surface area contributed by atoms with Crippen LogP contribution in [0.25, 0.3) is 0 Å². The standard InChI is InChI=1S/C13H26N4O/c1-6-13(7-2,18-5)11(14)8-12-15-9-16-17(12)10(3)4/h9-11H,6-8,14H2,1-5H3. The van der Waals surface area contributed by atoms with Gasteiger partial charge in [-0.15, -0.1) is 0 Å². The molecule has 0 aliphatic heterocycles. The fraction of sp³-hybridized carbons (Fsp3) is 0.846. The molecular weight excluding hydrogens is 228 g/mol. The van der Waals surface area contributed by atoms with E-state index in [9.17, 15) is 0 Å². The second-order valence-corrected chi connectivity index (χ2v) is 5.00. The van der Waals surface area contributed by atoms with Crippen LogP contribution >= 0.6 is 0 Å². The molecular formula is C13H26N4O. The molecule has 1 aromatic rings. The van der Waals surface area contributed by atoms with Gasteiger partial charge in [0.25, 0.3) is 0 Å². The first-order chi connectivity index (χ1) is 8.50. The van der Waals surface area contributed by atoms with Gasteiger partial charge >= 0.3 is 0 Å². The molecule has 1 atom stereocenters. The number of rotatable bonds is 7. The highest BCUT2D eigenvalue weighted by molar-refractivity contribution is 4.98. The summed E-state index contributed by atoms with van der Waals surface area (Å²) in [5, 5.41) is 4.24. The van der Waals surface area contributed by atoms with Gasteiger partial charge in [-0.25, -0.2) is 9.67 Å². The number of methoxy groups -OCH3 is 1. The van der Waals surface area contributed by atoms with E-state index in [0.717, 1.165) is 18.7 Å². The Morgan fingerprint density at radius 3 is 2.44 bits per heavy atom. The maximum atomic E-state index is 6.34. The quantitative estimate of drug-likeness (QED) is 0.807. The van der Waals surface area contributed by atoms with E-state index in [4.69, 9.17) is 10.5 Å². The van der Waals surface area contributed by atoms with Crippen molar-refractivity contribution in [3.63, 3.8) is 0 Å². The molecule has 1 aromatic heterocycles. The SMILES string of the molecule is CCC(CC)(OC)C(N)Cc1ncnn1C(C)C. The molecule has 2 N–H and O–H groups in total. The zero-order valence-electron chi connectivity index (χ0n) is 12.2. The summed E-state index contributed by atoms with van der Waals surface area (Å²) >= 11 is 0. The highest BCUT2D eigenvalue weighted by atomic mass is 16.5. The van der Waals surface area contributed by atoms with Gasteiger partial charge in [0, 0.05) is 25.6 Å². The monoisotopic (exact) mass is 254 g/mol. The Bertz CT molecular complexity index is 349. The van der Waals surface area contributed by atoms with Crippen LogP contribution in [-0.2, 0) is 11.2 Å². The van der Waals surface area contributed by atoms with Gasteiger partial charge in [0.2, 0.25) is 0 Å². The molecule has 0 aliphatic rings. The Morgan fingerprint density at radius 1 is 1.39 bits per heavy atom. The molecule has 1 unspecified atom stereocenters. The van der Waals surface area contributed by atoms with Crippen molar-refractivity contribution in [1.82, 2.24) is 14.8 Å². The van der Waals surface area contributed by atoms with Crippen molar-refractivity contribution in [2.24, 2.45) is 5.73 Å². The summed E-state index contributed by atoms with van der Waals surface area (Å²) in [7, 11) is 1.74. The topological polar surface area (TPSA) is 66.0 Å². The van der Waals surface area contributed by atoms with Gasteiger partial charge in [0.05, 0.1) is 5.60 Å². The minimum atomic E-state index is -0.270. The first kappa shape index (κ1) is 15.1. The summed E-state index contributed by atoms with van der Waals surface area (Å²) in [4.78, 5) is 4.31. The van der Waals surface area contributed by atoms with E-state index >= 15 is 0 Å². The smallest absolute Gasteiger partial charge is 0.138 e. The van der Waals surface area contributed by atoms with Crippen LogP contribution in [0, 0.1) is 0 Å². The second-order valence-electron chi connectivity index (χ2n) is 5.00. The highest BCUT2D eigenvalue weighted by Crippen LogP contribution is 2.25. The molecule has 5 nitrogen and oxygen atoms in total. The van der Waals surface area contributed by atoms with Crippen molar-refractivity contribution in [3.8, 4) is 0 Å². The van der Waals surface area contributed by atoms with Crippen LogP contribution < -0.4 is 5.73 Å². The van der Waals surface area contributed by atoms with Crippen LogP contribution in [0.4, 0.5) is 0 Å². The maximum absolute atomic E-state index is 6.34. The lowest BCUT2D eigenvalue weighted by Gasteiger charge is -2.36. The fourth-order valence-electron chi connectivity index (χ4n) is 2.45. The number of hydrogen-bond acceptors (Lipinski definition) is 4. The van der Waals surface area contributed by atoms with Crippen LogP contribution in [-0.4, -0.2) is 33.5 Å². The molecule has 0 spiro atoms. The van der Waals surface area contributed by atoms with Gasteiger partial charge in [-0.2, -0.15) is 5.10 Å². The van der Waals surface area contributed by atoms with Crippen LogP contribution in [0.15, 0.2) is 6.33 Å². The van der Waals surface area contributed by atoms with Crippen molar-refractivity contribution in [3.05, 3.63) is 12.2 Å². The van der Waals surface area contributed by atoms with E-state index in [2.05, 4.69) is 37.8 Å². The fourth-order valence-corrected chi connectivity index (χ4v) is 2.45. The normalized spacial score (nSPS) is 14.2. The summed E-state index contributed by atoms with van der Waals surface area (Å²) in [5.74, 6) is 0.931. The molecule has 0 bridgehead atoms. The van der Waals surface area contributed by atoms with E-state index in [1.165, 1.54) is 0 Å². The number of nitrogens with two attached hydrogens (primary N) is 1. The van der Waals surface area contributed by atoms with Crippen molar-refractivity contribution in [1.29, 1.82) is 0 Å². The molecule has 0 aromatic carbocycles. The summed E-state index contributed by atoms with van der Waals surface area (Å²) in [6, 6.07) is 0.231. The lowest BCUT2D eigenvalue weighted by Crippen LogP contribution is -2.50. The molecule has 18 heavy (non-hydrogen) atoms. The molecule has 0 aliphatic carbocycles. The van der Waals surface area contributed by atoms with Crippen LogP contribution in [0.1, 0.15) is 52.4 Å². The summed E-state index contributed by atoms with van der Waals surface area (Å²) < 4.78 is 7.59. The molecule has 1 rings (SSSR count). The summed E-state index contributed by atoms with van der Waals surface area (Å²) in [6.45, 7) is 8.40. The predicted octanol–water partition coefficient (Wildman–Crippen LogP) is 1.93. The zero-order chi connectivity index (χ0) is 13.8.